The van der Waals surface area contributed by atoms with Crippen molar-refractivity contribution in [2.24, 2.45) is 0 Å². The Balaban J connectivity index is 2.07. The van der Waals surface area contributed by atoms with Crippen molar-refractivity contribution in [3.05, 3.63) is 35.4 Å². The summed E-state index contributed by atoms with van der Waals surface area (Å²) in [5.74, 6) is -1.19. The number of unbranched alkanes of at least 4 members (excludes halogenated alkanes) is 1. The van der Waals surface area contributed by atoms with Crippen LogP contribution in [0.1, 0.15) is 51.6 Å². The minimum atomic E-state index is -0.609. The summed E-state index contributed by atoms with van der Waals surface area (Å²) in [6, 6.07) is 5.48. The number of ether oxygens (including phenoxy) is 1. The molecule has 1 fully saturated rings. The molecule has 1 unspecified atom stereocenters. The Kier molecular flexibility index (Phi) is 7.14. The maximum Gasteiger partial charge on any atom is 0.410 e. The van der Waals surface area contributed by atoms with E-state index in [1.54, 1.807) is 4.90 Å². The molecule has 0 spiro atoms. The van der Waals surface area contributed by atoms with E-state index in [1.165, 1.54) is 12.1 Å². The van der Waals surface area contributed by atoms with Crippen LogP contribution in [-0.4, -0.2) is 47.7 Å². The van der Waals surface area contributed by atoms with Crippen molar-refractivity contribution in [1.29, 1.82) is 5.26 Å². The van der Waals surface area contributed by atoms with Gasteiger partial charge in [0.2, 0.25) is 0 Å². The van der Waals surface area contributed by atoms with Gasteiger partial charge in [0, 0.05) is 50.3 Å². The lowest BCUT2D eigenvalue weighted by Gasteiger charge is -2.40. The normalized spacial score (nSPS) is 16.7. The van der Waals surface area contributed by atoms with Gasteiger partial charge in [0.15, 0.2) is 0 Å². The molecule has 0 N–H and O–H groups in total. The van der Waals surface area contributed by atoms with Crippen molar-refractivity contribution in [3.63, 3.8) is 0 Å². The first kappa shape index (κ1) is 21.1. The predicted octanol–water partition coefficient (Wildman–Crippen LogP) is 4.25. The number of nitrogens with zero attached hydrogens (tertiary/aromatic N) is 3. The maximum atomic E-state index is 14.3. The summed E-state index contributed by atoms with van der Waals surface area (Å²) in [4.78, 5) is 15.9. The zero-order chi connectivity index (χ0) is 20.0. The molecule has 1 aliphatic heterocycles. The van der Waals surface area contributed by atoms with Crippen LogP contribution in [-0.2, 0) is 4.74 Å². The van der Waals surface area contributed by atoms with Crippen LogP contribution in [0.3, 0.4) is 0 Å². The number of nitriles is 1. The van der Waals surface area contributed by atoms with Gasteiger partial charge in [-0.2, -0.15) is 5.26 Å². The largest absolute Gasteiger partial charge is 0.444 e. The highest BCUT2D eigenvalue weighted by Gasteiger charge is 2.30. The monoisotopic (exact) mass is 379 g/mol. The van der Waals surface area contributed by atoms with Crippen LogP contribution in [0.5, 0.6) is 0 Å². The van der Waals surface area contributed by atoms with Gasteiger partial charge in [0.05, 0.1) is 6.07 Å². The van der Waals surface area contributed by atoms with Crippen LogP contribution < -0.4 is 0 Å². The van der Waals surface area contributed by atoms with Gasteiger partial charge in [-0.1, -0.05) is 6.07 Å². The Morgan fingerprint density at radius 3 is 2.48 bits per heavy atom. The van der Waals surface area contributed by atoms with Gasteiger partial charge >= 0.3 is 6.09 Å². The molecule has 27 heavy (non-hydrogen) atoms. The number of hydrogen-bond acceptors (Lipinski definition) is 4. The van der Waals surface area contributed by atoms with E-state index in [-0.39, 0.29) is 12.1 Å². The second-order valence-electron chi connectivity index (χ2n) is 7.74. The van der Waals surface area contributed by atoms with Crippen LogP contribution in [0.15, 0.2) is 18.2 Å². The number of piperazine rings is 1. The van der Waals surface area contributed by atoms with Crippen LogP contribution in [0.4, 0.5) is 13.6 Å². The zero-order valence-corrected chi connectivity index (χ0v) is 16.2. The van der Waals surface area contributed by atoms with E-state index in [2.05, 4.69) is 11.0 Å². The van der Waals surface area contributed by atoms with Gasteiger partial charge in [-0.05, 0) is 39.7 Å². The second-order valence-corrected chi connectivity index (χ2v) is 7.74. The minimum Gasteiger partial charge on any atom is -0.444 e. The summed E-state index contributed by atoms with van der Waals surface area (Å²) in [5.41, 5.74) is -0.120. The SMILES string of the molecule is CC(C)(C)OC(=O)N1CCN(C(CCCC#N)c2ccc(F)cc2F)CC1. The van der Waals surface area contributed by atoms with Gasteiger partial charge in [-0.25, -0.2) is 13.6 Å². The van der Waals surface area contributed by atoms with E-state index in [9.17, 15) is 13.6 Å². The topological polar surface area (TPSA) is 56.6 Å². The highest BCUT2D eigenvalue weighted by molar-refractivity contribution is 5.68. The fourth-order valence-electron chi connectivity index (χ4n) is 3.22. The average Bonchev–Trinajstić information content (AvgIpc) is 2.58. The van der Waals surface area contributed by atoms with Crippen LogP contribution in [0.25, 0.3) is 0 Å². The van der Waals surface area contributed by atoms with Crippen LogP contribution in [0, 0.1) is 23.0 Å². The molecule has 0 saturated carbocycles. The third-order valence-electron chi connectivity index (χ3n) is 4.49. The summed E-state index contributed by atoms with van der Waals surface area (Å²) in [5, 5.41) is 8.79. The van der Waals surface area contributed by atoms with E-state index in [0.29, 0.717) is 51.0 Å². The molecule has 0 bridgehead atoms. The summed E-state index contributed by atoms with van der Waals surface area (Å²) in [6.07, 6.45) is 1.26. The molecule has 1 heterocycles. The molecule has 7 heteroatoms. The molecule has 1 aliphatic rings. The van der Waals surface area contributed by atoms with Crippen molar-refractivity contribution < 1.29 is 18.3 Å². The van der Waals surface area contributed by atoms with Crippen molar-refractivity contribution in [2.75, 3.05) is 26.2 Å². The smallest absolute Gasteiger partial charge is 0.410 e. The Morgan fingerprint density at radius 1 is 1.26 bits per heavy atom. The molecule has 1 atom stereocenters. The number of amides is 1. The van der Waals surface area contributed by atoms with Crippen molar-refractivity contribution in [2.45, 2.75) is 51.7 Å². The van der Waals surface area contributed by atoms with Crippen LogP contribution >= 0.6 is 0 Å². The molecule has 0 aromatic heterocycles. The molecule has 0 aliphatic carbocycles. The lowest BCUT2D eigenvalue weighted by Crippen LogP contribution is -2.50. The summed E-state index contributed by atoms with van der Waals surface area (Å²) < 4.78 is 33.0. The number of hydrogen-bond donors (Lipinski definition) is 0. The van der Waals surface area contributed by atoms with E-state index >= 15 is 0 Å². The Labute approximate surface area is 159 Å². The molecule has 2 rings (SSSR count). The zero-order valence-electron chi connectivity index (χ0n) is 16.2. The Hall–Kier alpha value is -2.20. The standard InChI is InChI=1S/C20H27F2N3O2/c1-20(2,3)27-19(26)25-12-10-24(11-13-25)18(6-4-5-9-23)16-8-7-15(21)14-17(16)22/h7-8,14,18H,4-6,10-13H2,1-3H3. The Bertz CT molecular complexity index is 689. The van der Waals surface area contributed by atoms with Gasteiger partial charge in [0.1, 0.15) is 17.2 Å². The second kappa shape index (κ2) is 9.14. The lowest BCUT2D eigenvalue weighted by atomic mass is 9.98. The molecule has 1 aromatic carbocycles. The highest BCUT2D eigenvalue weighted by Crippen LogP contribution is 2.30. The summed E-state index contributed by atoms with van der Waals surface area (Å²) >= 11 is 0. The van der Waals surface area contributed by atoms with Gasteiger partial charge in [-0.15, -0.1) is 0 Å². The van der Waals surface area contributed by atoms with Crippen molar-refractivity contribution in [3.8, 4) is 6.07 Å². The molecule has 148 valence electrons. The summed E-state index contributed by atoms with van der Waals surface area (Å²) in [7, 11) is 0. The molecule has 0 radical (unpaired) electrons. The number of rotatable bonds is 5. The number of carbonyl (C=O) groups excluding carboxylic acids is 1. The molecule has 1 aromatic rings. The number of carbonyl (C=O) groups is 1. The number of benzene rings is 1. The quantitative estimate of drug-likeness (QED) is 0.718. The fourth-order valence-corrected chi connectivity index (χ4v) is 3.22. The third-order valence-corrected chi connectivity index (χ3v) is 4.49. The first-order valence-corrected chi connectivity index (χ1v) is 9.25. The minimum absolute atomic E-state index is 0.250. The Morgan fingerprint density at radius 2 is 1.93 bits per heavy atom. The molecule has 1 amide bonds. The van der Waals surface area contributed by atoms with Crippen molar-refractivity contribution in [1.82, 2.24) is 9.80 Å². The van der Waals surface area contributed by atoms with Crippen molar-refractivity contribution >= 4 is 6.09 Å². The molecule has 1 saturated heterocycles. The first-order chi connectivity index (χ1) is 12.7. The predicted molar refractivity (Wildman–Crippen MR) is 97.9 cm³/mol. The van der Waals surface area contributed by atoms with Gasteiger partial charge in [0.25, 0.3) is 0 Å². The fraction of sp³-hybridized carbons (Fsp3) is 0.600. The first-order valence-electron chi connectivity index (χ1n) is 9.25. The maximum absolute atomic E-state index is 14.3. The van der Waals surface area contributed by atoms with E-state index in [0.717, 1.165) is 6.07 Å². The highest BCUT2D eigenvalue weighted by atomic mass is 19.1. The molecular formula is C20H27F2N3O2. The number of halogens is 2. The van der Waals surface area contributed by atoms with Gasteiger partial charge < -0.3 is 9.64 Å². The van der Waals surface area contributed by atoms with Crippen LogP contribution in [0.2, 0.25) is 0 Å². The van der Waals surface area contributed by atoms with Gasteiger partial charge in [-0.3, -0.25) is 4.90 Å². The van der Waals surface area contributed by atoms with E-state index in [4.69, 9.17) is 10.00 Å². The van der Waals surface area contributed by atoms with E-state index in [1.807, 2.05) is 20.8 Å². The third kappa shape index (κ3) is 6.17. The molecule has 5 nitrogen and oxygen atoms in total. The summed E-state index contributed by atoms with van der Waals surface area (Å²) in [6.45, 7) is 7.55. The lowest BCUT2D eigenvalue weighted by molar-refractivity contribution is 0.00943. The molecular weight excluding hydrogens is 352 g/mol. The van der Waals surface area contributed by atoms with E-state index < -0.39 is 17.2 Å². The average molecular weight is 379 g/mol.